The normalized spacial score (nSPS) is 16.6. The summed E-state index contributed by atoms with van der Waals surface area (Å²) in [5.74, 6) is 0.930. The van der Waals surface area contributed by atoms with Crippen molar-refractivity contribution >= 4 is 0 Å². The molecule has 0 aliphatic heterocycles. The highest BCUT2D eigenvalue weighted by Gasteiger charge is 2.23. The van der Waals surface area contributed by atoms with E-state index < -0.39 is 0 Å². The smallest absolute Gasteiger partial charge is 0.119 e. The minimum atomic E-state index is -0.131. The molecule has 4 heteroatoms. The summed E-state index contributed by atoms with van der Waals surface area (Å²) in [6.07, 6.45) is 6.54. The van der Waals surface area contributed by atoms with Gasteiger partial charge < -0.3 is 10.5 Å². The lowest BCUT2D eigenvalue weighted by molar-refractivity contribution is 0.303. The van der Waals surface area contributed by atoms with Gasteiger partial charge in [-0.3, -0.25) is 4.68 Å². The average molecular weight is 243 g/mol. The molecule has 0 radical (unpaired) electrons. The largest absolute Gasteiger partial charge is 0.490 e. The van der Waals surface area contributed by atoms with E-state index in [2.05, 4.69) is 5.10 Å². The van der Waals surface area contributed by atoms with E-state index in [1.807, 2.05) is 37.5 Å². The van der Waals surface area contributed by atoms with Crippen LogP contribution >= 0.6 is 0 Å². The van der Waals surface area contributed by atoms with Crippen LogP contribution in [0.2, 0.25) is 0 Å². The Balaban J connectivity index is 1.74. The van der Waals surface area contributed by atoms with Gasteiger partial charge in [0.2, 0.25) is 0 Å². The minimum absolute atomic E-state index is 0.131. The van der Waals surface area contributed by atoms with Crippen LogP contribution < -0.4 is 10.5 Å². The molecule has 2 N–H and O–H groups in total. The van der Waals surface area contributed by atoms with Gasteiger partial charge in [-0.1, -0.05) is 12.1 Å². The van der Waals surface area contributed by atoms with Crippen molar-refractivity contribution in [2.24, 2.45) is 12.8 Å². The van der Waals surface area contributed by atoms with Crippen LogP contribution in [-0.2, 0) is 7.05 Å². The zero-order chi connectivity index (χ0) is 12.5. The zero-order valence-electron chi connectivity index (χ0n) is 10.4. The Bertz CT molecular complexity index is 528. The van der Waals surface area contributed by atoms with Crippen LogP contribution in [0, 0.1) is 0 Å². The Morgan fingerprint density at radius 2 is 2.00 bits per heavy atom. The van der Waals surface area contributed by atoms with Crippen molar-refractivity contribution < 1.29 is 4.74 Å². The first-order valence-electron chi connectivity index (χ1n) is 6.23. The van der Waals surface area contributed by atoms with Gasteiger partial charge in [-0.05, 0) is 30.5 Å². The summed E-state index contributed by atoms with van der Waals surface area (Å²) in [7, 11) is 1.89. The number of ether oxygens (including phenoxy) is 1. The standard InChI is InChI=1S/C14H17N3O/c1-17-9-11(8-16-17)14(15)10-2-4-12(5-3-10)18-13-6-7-13/h2-5,8-9,13-14H,6-7,15H2,1H3. The molecule has 4 nitrogen and oxygen atoms in total. The van der Waals surface area contributed by atoms with E-state index in [-0.39, 0.29) is 6.04 Å². The van der Waals surface area contributed by atoms with Gasteiger partial charge in [-0.25, -0.2) is 0 Å². The Morgan fingerprint density at radius 3 is 2.56 bits per heavy atom. The Labute approximate surface area is 106 Å². The highest BCUT2D eigenvalue weighted by molar-refractivity contribution is 5.33. The fraction of sp³-hybridized carbons (Fsp3) is 0.357. The van der Waals surface area contributed by atoms with Crippen molar-refractivity contribution in [3.63, 3.8) is 0 Å². The third-order valence-electron chi connectivity index (χ3n) is 3.15. The van der Waals surface area contributed by atoms with Gasteiger partial charge in [0.15, 0.2) is 0 Å². The van der Waals surface area contributed by atoms with E-state index in [9.17, 15) is 0 Å². The van der Waals surface area contributed by atoms with Gasteiger partial charge in [-0.15, -0.1) is 0 Å². The number of nitrogens with two attached hydrogens (primary N) is 1. The summed E-state index contributed by atoms with van der Waals surface area (Å²) >= 11 is 0. The molecule has 2 aromatic rings. The molecule has 0 bridgehead atoms. The molecular weight excluding hydrogens is 226 g/mol. The molecule has 0 spiro atoms. The average Bonchev–Trinajstić information content (AvgIpc) is 3.09. The van der Waals surface area contributed by atoms with E-state index in [1.165, 1.54) is 12.8 Å². The summed E-state index contributed by atoms with van der Waals surface area (Å²) in [4.78, 5) is 0. The number of hydrogen-bond acceptors (Lipinski definition) is 3. The highest BCUT2D eigenvalue weighted by Crippen LogP contribution is 2.28. The SMILES string of the molecule is Cn1cc(C(N)c2ccc(OC3CC3)cc2)cn1. The predicted octanol–water partition coefficient (Wildman–Crippen LogP) is 2.01. The van der Waals surface area contributed by atoms with Gasteiger partial charge >= 0.3 is 0 Å². The first kappa shape index (κ1) is 11.3. The molecule has 1 saturated carbocycles. The van der Waals surface area contributed by atoms with Gasteiger partial charge in [0.1, 0.15) is 5.75 Å². The third kappa shape index (κ3) is 2.38. The molecule has 1 atom stereocenters. The van der Waals surface area contributed by atoms with Crippen molar-refractivity contribution in [2.45, 2.75) is 25.0 Å². The molecule has 1 heterocycles. The fourth-order valence-corrected chi connectivity index (χ4v) is 1.93. The quantitative estimate of drug-likeness (QED) is 0.893. The maximum absolute atomic E-state index is 6.20. The molecular formula is C14H17N3O. The molecule has 18 heavy (non-hydrogen) atoms. The Hall–Kier alpha value is -1.81. The number of aromatic nitrogens is 2. The minimum Gasteiger partial charge on any atom is -0.490 e. The lowest BCUT2D eigenvalue weighted by atomic mass is 10.0. The lowest BCUT2D eigenvalue weighted by Crippen LogP contribution is -2.11. The molecule has 1 aliphatic rings. The second kappa shape index (κ2) is 4.46. The van der Waals surface area contributed by atoms with Crippen LogP contribution in [0.25, 0.3) is 0 Å². The molecule has 0 amide bonds. The molecule has 1 aliphatic carbocycles. The number of rotatable bonds is 4. The number of nitrogens with zero attached hydrogens (tertiary/aromatic N) is 2. The summed E-state index contributed by atoms with van der Waals surface area (Å²) in [6, 6.07) is 7.90. The Morgan fingerprint density at radius 1 is 1.28 bits per heavy atom. The second-order valence-corrected chi connectivity index (χ2v) is 4.81. The van der Waals surface area contributed by atoms with Gasteiger partial charge in [0.05, 0.1) is 18.3 Å². The van der Waals surface area contributed by atoms with Crippen molar-refractivity contribution in [1.29, 1.82) is 0 Å². The van der Waals surface area contributed by atoms with Crippen molar-refractivity contribution in [2.75, 3.05) is 0 Å². The van der Waals surface area contributed by atoms with Crippen molar-refractivity contribution in [3.05, 3.63) is 47.8 Å². The molecule has 1 unspecified atom stereocenters. The van der Waals surface area contributed by atoms with Gasteiger partial charge in [0.25, 0.3) is 0 Å². The van der Waals surface area contributed by atoms with E-state index in [0.717, 1.165) is 16.9 Å². The third-order valence-corrected chi connectivity index (χ3v) is 3.15. The molecule has 1 aromatic carbocycles. The number of benzene rings is 1. The highest BCUT2D eigenvalue weighted by atomic mass is 16.5. The summed E-state index contributed by atoms with van der Waals surface area (Å²) in [5.41, 5.74) is 8.30. The molecule has 0 saturated heterocycles. The zero-order valence-corrected chi connectivity index (χ0v) is 10.4. The van der Waals surface area contributed by atoms with Crippen LogP contribution in [0.4, 0.5) is 0 Å². The molecule has 3 rings (SSSR count). The molecule has 1 aromatic heterocycles. The maximum Gasteiger partial charge on any atom is 0.119 e. The maximum atomic E-state index is 6.20. The molecule has 1 fully saturated rings. The summed E-state index contributed by atoms with van der Waals surface area (Å²) in [6.45, 7) is 0. The van der Waals surface area contributed by atoms with E-state index in [0.29, 0.717) is 6.10 Å². The van der Waals surface area contributed by atoms with Crippen LogP contribution in [0.5, 0.6) is 5.75 Å². The number of hydrogen-bond donors (Lipinski definition) is 1. The number of aryl methyl sites for hydroxylation is 1. The first-order chi connectivity index (χ1) is 8.72. The van der Waals surface area contributed by atoms with E-state index in [4.69, 9.17) is 10.5 Å². The fourth-order valence-electron chi connectivity index (χ4n) is 1.93. The topological polar surface area (TPSA) is 53.1 Å². The van der Waals surface area contributed by atoms with Crippen LogP contribution in [0.1, 0.15) is 30.0 Å². The first-order valence-corrected chi connectivity index (χ1v) is 6.23. The van der Waals surface area contributed by atoms with Gasteiger partial charge in [0, 0.05) is 18.8 Å². The van der Waals surface area contributed by atoms with Crippen LogP contribution in [-0.4, -0.2) is 15.9 Å². The Kier molecular flexibility index (Phi) is 2.80. The van der Waals surface area contributed by atoms with Crippen LogP contribution in [0.15, 0.2) is 36.7 Å². The van der Waals surface area contributed by atoms with Crippen molar-refractivity contribution in [3.8, 4) is 5.75 Å². The van der Waals surface area contributed by atoms with E-state index >= 15 is 0 Å². The lowest BCUT2D eigenvalue weighted by Gasteiger charge is -2.11. The monoisotopic (exact) mass is 243 g/mol. The summed E-state index contributed by atoms with van der Waals surface area (Å²) in [5, 5.41) is 4.14. The second-order valence-electron chi connectivity index (χ2n) is 4.81. The summed E-state index contributed by atoms with van der Waals surface area (Å²) < 4.78 is 7.48. The van der Waals surface area contributed by atoms with Crippen molar-refractivity contribution in [1.82, 2.24) is 9.78 Å². The molecule has 94 valence electrons. The van der Waals surface area contributed by atoms with Gasteiger partial charge in [-0.2, -0.15) is 5.10 Å². The predicted molar refractivity (Wildman–Crippen MR) is 69.3 cm³/mol. The van der Waals surface area contributed by atoms with Crippen LogP contribution in [0.3, 0.4) is 0 Å². The van der Waals surface area contributed by atoms with E-state index in [1.54, 1.807) is 10.9 Å².